The second-order valence-corrected chi connectivity index (χ2v) is 8.63. The molecule has 34 heavy (non-hydrogen) atoms. The highest BCUT2D eigenvalue weighted by molar-refractivity contribution is 5.99. The number of aromatic nitrogens is 4. The smallest absolute Gasteiger partial charge is 0.241 e. The summed E-state index contributed by atoms with van der Waals surface area (Å²) in [4.78, 5) is 17.9. The van der Waals surface area contributed by atoms with Crippen molar-refractivity contribution in [3.63, 3.8) is 0 Å². The van der Waals surface area contributed by atoms with E-state index in [0.29, 0.717) is 22.7 Å². The van der Waals surface area contributed by atoms with Crippen LogP contribution in [0.1, 0.15) is 18.1 Å². The zero-order valence-corrected chi connectivity index (χ0v) is 18.7. The number of anilines is 1. The molecule has 1 N–H and O–H groups in total. The van der Waals surface area contributed by atoms with Crippen molar-refractivity contribution in [3.8, 4) is 22.5 Å². The normalized spacial score (nSPS) is 17.1. The molecule has 5 aromatic rings. The summed E-state index contributed by atoms with van der Waals surface area (Å²) >= 11 is 0. The number of benzene rings is 2. The highest BCUT2D eigenvalue weighted by atomic mass is 19.1. The highest BCUT2D eigenvalue weighted by Crippen LogP contribution is 2.36. The molecule has 0 fully saturated rings. The summed E-state index contributed by atoms with van der Waals surface area (Å²) in [5.74, 6) is 0.325. The van der Waals surface area contributed by atoms with E-state index in [0.717, 1.165) is 22.4 Å². The fourth-order valence-corrected chi connectivity index (χ4v) is 4.65. The van der Waals surface area contributed by atoms with Crippen molar-refractivity contribution in [2.75, 3.05) is 5.32 Å². The first-order valence-corrected chi connectivity index (χ1v) is 11.0. The second-order valence-electron chi connectivity index (χ2n) is 8.63. The Morgan fingerprint density at radius 1 is 1.00 bits per heavy atom. The van der Waals surface area contributed by atoms with E-state index in [1.165, 1.54) is 6.07 Å². The van der Waals surface area contributed by atoms with Crippen molar-refractivity contribution in [2.45, 2.75) is 19.4 Å². The van der Waals surface area contributed by atoms with E-state index in [-0.39, 0.29) is 11.7 Å². The largest absolute Gasteiger partial charge is 0.360 e. The van der Waals surface area contributed by atoms with Crippen molar-refractivity contribution in [1.82, 2.24) is 14.6 Å². The number of carbonyl (C=O) groups is 1. The number of aryl methyl sites for hydroxylation is 1. The van der Waals surface area contributed by atoms with Gasteiger partial charge in [-0.05, 0) is 55.8 Å². The predicted octanol–water partition coefficient (Wildman–Crippen LogP) is 4.51. The van der Waals surface area contributed by atoms with Gasteiger partial charge in [0.15, 0.2) is 5.65 Å². The fraction of sp³-hybridized carbons (Fsp3) is 0.111. The van der Waals surface area contributed by atoms with Gasteiger partial charge in [-0.2, -0.15) is 5.10 Å². The zero-order chi connectivity index (χ0) is 23.4. The summed E-state index contributed by atoms with van der Waals surface area (Å²) in [5, 5.41) is 7.55. The van der Waals surface area contributed by atoms with Crippen LogP contribution in [-0.2, 0) is 10.3 Å². The number of halogens is 1. The summed E-state index contributed by atoms with van der Waals surface area (Å²) in [7, 11) is 0. The average Bonchev–Trinajstić information content (AvgIpc) is 3.37. The Balaban J connectivity index is 1.55. The summed E-state index contributed by atoms with van der Waals surface area (Å²) in [6.07, 6.45) is 3.62. The Bertz CT molecular complexity index is 1590. The Morgan fingerprint density at radius 3 is 2.62 bits per heavy atom. The third kappa shape index (κ3) is 2.86. The molecule has 0 saturated heterocycles. The van der Waals surface area contributed by atoms with E-state index in [9.17, 15) is 9.18 Å². The number of rotatable bonds is 3. The standard InChI is InChI=1S/C27H20FN5O/c1-17-15-18(10-11-21(17)28)24-25(33-22(30-24)9-6-13-29-33)19-12-14-32-23(16-19)31-26(34)27(32,2)20-7-4-3-5-8-20/h3-16H,1-2H3/p+1. The molecule has 0 spiro atoms. The van der Waals surface area contributed by atoms with Gasteiger partial charge < -0.3 is 0 Å². The Labute approximate surface area is 195 Å². The number of imidazole rings is 1. The van der Waals surface area contributed by atoms with Gasteiger partial charge in [-0.15, -0.1) is 0 Å². The molecule has 0 radical (unpaired) electrons. The van der Waals surface area contributed by atoms with Gasteiger partial charge >= 0.3 is 5.91 Å². The zero-order valence-electron chi connectivity index (χ0n) is 18.7. The molecule has 166 valence electrons. The predicted molar refractivity (Wildman–Crippen MR) is 127 cm³/mol. The molecule has 1 aliphatic rings. The second kappa shape index (κ2) is 7.31. The fourth-order valence-electron chi connectivity index (χ4n) is 4.65. The van der Waals surface area contributed by atoms with Gasteiger partial charge in [-0.3, -0.25) is 0 Å². The first-order chi connectivity index (χ1) is 16.5. The van der Waals surface area contributed by atoms with Crippen LogP contribution in [0.4, 0.5) is 10.2 Å². The van der Waals surface area contributed by atoms with E-state index in [1.807, 2.05) is 72.3 Å². The molecule has 0 bridgehead atoms. The number of nitrogens with zero attached hydrogens (tertiary/aromatic N) is 4. The lowest BCUT2D eigenvalue weighted by atomic mass is 9.91. The maximum atomic E-state index is 14.0. The van der Waals surface area contributed by atoms with Gasteiger partial charge in [0.2, 0.25) is 5.54 Å². The lowest BCUT2D eigenvalue weighted by Crippen LogP contribution is -2.55. The minimum absolute atomic E-state index is 0.0958. The van der Waals surface area contributed by atoms with E-state index in [4.69, 9.17) is 4.98 Å². The van der Waals surface area contributed by atoms with Crippen molar-refractivity contribution in [2.24, 2.45) is 0 Å². The van der Waals surface area contributed by atoms with Gasteiger partial charge in [-0.25, -0.2) is 28.6 Å². The molecule has 0 aliphatic carbocycles. The molecule has 2 aromatic carbocycles. The molecule has 6 rings (SSSR count). The van der Waals surface area contributed by atoms with Crippen LogP contribution in [0, 0.1) is 12.7 Å². The highest BCUT2D eigenvalue weighted by Gasteiger charge is 2.51. The first kappa shape index (κ1) is 20.2. The molecule has 0 saturated carbocycles. The lowest BCUT2D eigenvalue weighted by Gasteiger charge is -2.18. The third-order valence-corrected chi connectivity index (χ3v) is 6.55. The average molecular weight is 450 g/mol. The molecular formula is C27H21FN5O+. The van der Waals surface area contributed by atoms with Crippen molar-refractivity contribution >= 4 is 17.4 Å². The van der Waals surface area contributed by atoms with Crippen LogP contribution >= 0.6 is 0 Å². The number of pyridine rings is 1. The van der Waals surface area contributed by atoms with Crippen LogP contribution in [0.2, 0.25) is 0 Å². The molecule has 1 amide bonds. The SMILES string of the molecule is Cc1cc(-c2nc3cccnn3c2-c2cc[n+]3c(c2)NC(=O)C3(C)c2ccccc2)ccc1F. The summed E-state index contributed by atoms with van der Waals surface area (Å²) in [5.41, 5.74) is 4.38. The van der Waals surface area contributed by atoms with Gasteiger partial charge in [-0.1, -0.05) is 30.3 Å². The molecule has 6 nitrogen and oxygen atoms in total. The topological polar surface area (TPSA) is 63.2 Å². The summed E-state index contributed by atoms with van der Waals surface area (Å²) in [6, 6.07) is 22.3. The Kier molecular flexibility index (Phi) is 4.35. The van der Waals surface area contributed by atoms with Gasteiger partial charge in [0.05, 0.1) is 11.9 Å². The molecule has 7 heteroatoms. The summed E-state index contributed by atoms with van der Waals surface area (Å²) < 4.78 is 17.7. The number of nitrogens with one attached hydrogen (secondary N) is 1. The number of hydrogen-bond acceptors (Lipinski definition) is 3. The van der Waals surface area contributed by atoms with Crippen LogP contribution < -0.4 is 9.88 Å². The number of carbonyl (C=O) groups excluding carboxylic acids is 1. The number of hydrogen-bond donors (Lipinski definition) is 1. The van der Waals surface area contributed by atoms with Crippen LogP contribution in [0.5, 0.6) is 0 Å². The van der Waals surface area contributed by atoms with Crippen molar-refractivity contribution in [1.29, 1.82) is 0 Å². The van der Waals surface area contributed by atoms with Gasteiger partial charge in [0.25, 0.3) is 5.82 Å². The number of fused-ring (bicyclic) bond motifs is 2. The van der Waals surface area contributed by atoms with Crippen LogP contribution in [0.3, 0.4) is 0 Å². The van der Waals surface area contributed by atoms with E-state index in [1.54, 1.807) is 29.8 Å². The first-order valence-electron chi connectivity index (χ1n) is 11.0. The van der Waals surface area contributed by atoms with E-state index >= 15 is 0 Å². The van der Waals surface area contributed by atoms with E-state index < -0.39 is 5.54 Å². The van der Waals surface area contributed by atoms with Crippen LogP contribution in [0.15, 0.2) is 85.2 Å². The maximum absolute atomic E-state index is 14.0. The van der Waals surface area contributed by atoms with Crippen molar-refractivity contribution < 1.29 is 13.8 Å². The Hall–Kier alpha value is -4.39. The molecule has 4 heterocycles. The Morgan fingerprint density at radius 2 is 1.82 bits per heavy atom. The quantitative estimate of drug-likeness (QED) is 0.411. The van der Waals surface area contributed by atoms with Crippen LogP contribution in [-0.4, -0.2) is 20.5 Å². The van der Waals surface area contributed by atoms with Gasteiger partial charge in [0, 0.05) is 29.0 Å². The third-order valence-electron chi connectivity index (χ3n) is 6.55. The van der Waals surface area contributed by atoms with E-state index in [2.05, 4.69) is 10.4 Å². The monoisotopic (exact) mass is 450 g/mol. The lowest BCUT2D eigenvalue weighted by molar-refractivity contribution is -0.715. The number of amides is 1. The van der Waals surface area contributed by atoms with Crippen molar-refractivity contribution in [3.05, 3.63) is 102 Å². The molecule has 3 aromatic heterocycles. The minimum atomic E-state index is -0.857. The van der Waals surface area contributed by atoms with Crippen LogP contribution in [0.25, 0.3) is 28.2 Å². The minimum Gasteiger partial charge on any atom is -0.241 e. The molecule has 1 unspecified atom stereocenters. The molecule has 1 aliphatic heterocycles. The maximum Gasteiger partial charge on any atom is 0.360 e. The molecular weight excluding hydrogens is 429 g/mol. The summed E-state index contributed by atoms with van der Waals surface area (Å²) in [6.45, 7) is 3.65. The molecule has 1 atom stereocenters. The van der Waals surface area contributed by atoms with Gasteiger partial charge in [0.1, 0.15) is 11.5 Å².